The van der Waals surface area contributed by atoms with Gasteiger partial charge in [0.05, 0.1) is 23.4 Å². The second kappa shape index (κ2) is 11.3. The number of carbonyl (C=O) groups is 1. The molecule has 1 fully saturated rings. The van der Waals surface area contributed by atoms with Crippen LogP contribution in [0.3, 0.4) is 0 Å². The van der Waals surface area contributed by atoms with E-state index in [2.05, 4.69) is 5.32 Å². The first-order chi connectivity index (χ1) is 16.5. The molecule has 2 aromatic carbocycles. The third-order valence-electron chi connectivity index (χ3n) is 5.34. The number of anilines is 1. The predicted molar refractivity (Wildman–Crippen MR) is 126 cm³/mol. The van der Waals surface area contributed by atoms with Crippen molar-refractivity contribution in [1.82, 2.24) is 9.62 Å². The Bertz CT molecular complexity index is 1250. The average Bonchev–Trinajstić information content (AvgIpc) is 2.81. The highest BCUT2D eigenvalue weighted by molar-refractivity contribution is 7.92. The largest absolute Gasteiger partial charge is 0.492 e. The summed E-state index contributed by atoms with van der Waals surface area (Å²) in [6, 6.07) is 8.31. The van der Waals surface area contributed by atoms with Crippen LogP contribution in [0.1, 0.15) is 19.3 Å². The van der Waals surface area contributed by atoms with Crippen molar-refractivity contribution in [1.29, 1.82) is 0 Å². The number of benzene rings is 2. The highest BCUT2D eigenvalue weighted by Gasteiger charge is 2.26. The monoisotopic (exact) mass is 531 g/mol. The molecule has 192 valence electrons. The summed E-state index contributed by atoms with van der Waals surface area (Å²) < 4.78 is 84.1. The molecule has 13 heteroatoms. The normalized spacial score (nSPS) is 14.9. The number of ether oxygens (including phenoxy) is 1. The zero-order chi connectivity index (χ0) is 25.6. The lowest BCUT2D eigenvalue weighted by Crippen LogP contribution is -2.41. The summed E-state index contributed by atoms with van der Waals surface area (Å²) in [5.74, 6) is -2.32. The van der Waals surface area contributed by atoms with Gasteiger partial charge < -0.3 is 10.1 Å². The molecule has 0 aliphatic carbocycles. The maximum absolute atomic E-state index is 14.0. The summed E-state index contributed by atoms with van der Waals surface area (Å²) in [5, 5.41) is 2.47. The first-order valence-corrected chi connectivity index (χ1v) is 14.2. The minimum absolute atomic E-state index is 0.0101. The van der Waals surface area contributed by atoms with Crippen LogP contribution in [0, 0.1) is 11.6 Å². The predicted octanol–water partition coefficient (Wildman–Crippen LogP) is 2.10. The van der Waals surface area contributed by atoms with Crippen LogP contribution in [0.2, 0.25) is 0 Å². The van der Waals surface area contributed by atoms with Crippen molar-refractivity contribution in [2.24, 2.45) is 0 Å². The van der Waals surface area contributed by atoms with Gasteiger partial charge in [-0.25, -0.2) is 25.6 Å². The second-order valence-electron chi connectivity index (χ2n) is 8.00. The summed E-state index contributed by atoms with van der Waals surface area (Å²) in [4.78, 5) is 12.4. The Labute approximate surface area is 203 Å². The molecule has 2 aromatic rings. The summed E-state index contributed by atoms with van der Waals surface area (Å²) in [7, 11) is -7.57. The highest BCUT2D eigenvalue weighted by atomic mass is 32.2. The zero-order valence-electron chi connectivity index (χ0n) is 19.1. The van der Waals surface area contributed by atoms with E-state index in [0.29, 0.717) is 29.2 Å². The van der Waals surface area contributed by atoms with Gasteiger partial charge in [-0.3, -0.25) is 9.10 Å². The van der Waals surface area contributed by atoms with Gasteiger partial charge >= 0.3 is 0 Å². The standard InChI is InChI=1S/C22H27F2N3O6S2/c1-34(29,30)27(21-10-5-17(23)15-20(21)24)16-22(28)25-11-14-33-18-6-8-19(9-7-18)35(31,32)26-12-3-2-4-13-26/h5-10,15H,2-4,11-14,16H2,1H3,(H,25,28). The average molecular weight is 532 g/mol. The molecule has 0 bridgehead atoms. The second-order valence-corrected chi connectivity index (χ2v) is 11.8. The van der Waals surface area contributed by atoms with Crippen molar-refractivity contribution < 1.29 is 35.1 Å². The molecule has 0 aromatic heterocycles. The topological polar surface area (TPSA) is 113 Å². The summed E-state index contributed by atoms with van der Waals surface area (Å²) in [5.41, 5.74) is -0.445. The van der Waals surface area contributed by atoms with Gasteiger partial charge in [-0.2, -0.15) is 4.31 Å². The minimum atomic E-state index is -4.02. The molecule has 0 unspecified atom stereocenters. The molecule has 1 aliphatic rings. The van der Waals surface area contributed by atoms with E-state index in [1.54, 1.807) is 0 Å². The number of nitrogens with one attached hydrogen (secondary N) is 1. The van der Waals surface area contributed by atoms with Crippen LogP contribution in [0.4, 0.5) is 14.5 Å². The fraction of sp³-hybridized carbons (Fsp3) is 0.409. The van der Waals surface area contributed by atoms with Crippen LogP contribution in [0.25, 0.3) is 0 Å². The number of carbonyl (C=O) groups excluding carboxylic acids is 1. The number of hydrogen-bond donors (Lipinski definition) is 1. The maximum Gasteiger partial charge on any atom is 0.243 e. The maximum atomic E-state index is 14.0. The van der Waals surface area contributed by atoms with Crippen molar-refractivity contribution in [2.75, 3.05) is 43.3 Å². The van der Waals surface area contributed by atoms with Crippen molar-refractivity contribution in [3.63, 3.8) is 0 Å². The lowest BCUT2D eigenvalue weighted by Gasteiger charge is -2.25. The molecular formula is C22H27F2N3O6S2. The Morgan fingerprint density at radius 2 is 1.69 bits per heavy atom. The van der Waals surface area contributed by atoms with E-state index in [0.717, 1.165) is 37.7 Å². The molecule has 9 nitrogen and oxygen atoms in total. The van der Waals surface area contributed by atoms with Gasteiger partial charge in [-0.1, -0.05) is 6.42 Å². The lowest BCUT2D eigenvalue weighted by atomic mass is 10.2. The molecular weight excluding hydrogens is 504 g/mol. The van der Waals surface area contributed by atoms with E-state index < -0.39 is 49.8 Å². The van der Waals surface area contributed by atoms with E-state index >= 15 is 0 Å². The molecule has 0 radical (unpaired) electrons. The zero-order valence-corrected chi connectivity index (χ0v) is 20.7. The smallest absolute Gasteiger partial charge is 0.243 e. The van der Waals surface area contributed by atoms with Gasteiger partial charge in [0.2, 0.25) is 26.0 Å². The molecule has 0 spiro atoms. The molecule has 1 N–H and O–H groups in total. The molecule has 1 heterocycles. The van der Waals surface area contributed by atoms with Crippen molar-refractivity contribution in [3.05, 3.63) is 54.1 Å². The van der Waals surface area contributed by atoms with E-state index in [-0.39, 0.29) is 18.0 Å². The first-order valence-electron chi connectivity index (χ1n) is 10.9. The van der Waals surface area contributed by atoms with E-state index in [1.807, 2.05) is 0 Å². The fourth-order valence-electron chi connectivity index (χ4n) is 3.57. The Morgan fingerprint density at radius 3 is 2.29 bits per heavy atom. The molecule has 1 aliphatic heterocycles. The van der Waals surface area contributed by atoms with E-state index in [4.69, 9.17) is 4.74 Å². The molecule has 35 heavy (non-hydrogen) atoms. The number of hydrogen-bond acceptors (Lipinski definition) is 6. The number of amides is 1. The van der Waals surface area contributed by atoms with Gasteiger partial charge in [0.25, 0.3) is 0 Å². The van der Waals surface area contributed by atoms with Crippen LogP contribution in [0.15, 0.2) is 47.4 Å². The Kier molecular flexibility index (Phi) is 8.67. The van der Waals surface area contributed by atoms with Crippen molar-refractivity contribution >= 4 is 31.6 Å². The fourth-order valence-corrected chi connectivity index (χ4v) is 5.95. The van der Waals surface area contributed by atoms with Gasteiger partial charge in [-0.05, 0) is 49.2 Å². The summed E-state index contributed by atoms with van der Waals surface area (Å²) in [6.45, 7) is 0.337. The van der Waals surface area contributed by atoms with E-state index in [1.165, 1.54) is 28.6 Å². The highest BCUT2D eigenvalue weighted by Crippen LogP contribution is 2.23. The summed E-state index contributed by atoms with van der Waals surface area (Å²) >= 11 is 0. The van der Waals surface area contributed by atoms with Crippen LogP contribution in [-0.2, 0) is 24.8 Å². The van der Waals surface area contributed by atoms with Gasteiger partial charge in [-0.15, -0.1) is 0 Å². The minimum Gasteiger partial charge on any atom is -0.492 e. The number of sulfonamides is 2. The molecule has 1 saturated heterocycles. The molecule has 1 amide bonds. The van der Waals surface area contributed by atoms with Gasteiger partial charge in [0.15, 0.2) is 0 Å². The van der Waals surface area contributed by atoms with Crippen LogP contribution >= 0.6 is 0 Å². The molecule has 3 rings (SSSR count). The van der Waals surface area contributed by atoms with Gasteiger partial charge in [0.1, 0.15) is 30.5 Å². The Balaban J connectivity index is 1.51. The third kappa shape index (κ3) is 7.12. The molecule has 0 atom stereocenters. The van der Waals surface area contributed by atoms with Gasteiger partial charge in [0, 0.05) is 19.2 Å². The Hall–Kier alpha value is -2.77. The Morgan fingerprint density at radius 1 is 1.03 bits per heavy atom. The number of rotatable bonds is 10. The molecule has 0 saturated carbocycles. The van der Waals surface area contributed by atoms with Crippen LogP contribution in [0.5, 0.6) is 5.75 Å². The van der Waals surface area contributed by atoms with Crippen LogP contribution in [-0.4, -0.2) is 66.1 Å². The quantitative estimate of drug-likeness (QED) is 0.470. The number of nitrogens with zero attached hydrogens (tertiary/aromatic N) is 2. The number of halogens is 2. The first kappa shape index (κ1) is 26.8. The van der Waals surface area contributed by atoms with Crippen LogP contribution < -0.4 is 14.4 Å². The van der Waals surface area contributed by atoms with Crippen molar-refractivity contribution in [3.8, 4) is 5.75 Å². The lowest BCUT2D eigenvalue weighted by molar-refractivity contribution is -0.119. The SMILES string of the molecule is CS(=O)(=O)N(CC(=O)NCCOc1ccc(S(=O)(=O)N2CCCCC2)cc1)c1ccc(F)cc1F. The van der Waals surface area contributed by atoms with E-state index in [9.17, 15) is 30.4 Å². The number of piperidine rings is 1. The summed E-state index contributed by atoms with van der Waals surface area (Å²) in [6.07, 6.45) is 3.51. The van der Waals surface area contributed by atoms with Crippen molar-refractivity contribution in [2.45, 2.75) is 24.2 Å². The third-order valence-corrected chi connectivity index (χ3v) is 8.37.